The maximum atomic E-state index is 5.40. The molecule has 0 saturated carbocycles. The molecule has 0 aromatic heterocycles. The normalized spacial score (nSPS) is 11.8. The van der Waals surface area contributed by atoms with E-state index in [0.717, 1.165) is 10.2 Å². The summed E-state index contributed by atoms with van der Waals surface area (Å²) in [5.74, 6) is 0.776. The minimum absolute atomic E-state index is 0.307. The van der Waals surface area contributed by atoms with Gasteiger partial charge >= 0.3 is 0 Å². The van der Waals surface area contributed by atoms with Crippen LogP contribution in [0.4, 0.5) is 0 Å². The molecule has 0 aliphatic carbocycles. The van der Waals surface area contributed by atoms with Crippen LogP contribution in [0.1, 0.15) is 6.92 Å². The predicted molar refractivity (Wildman–Crippen MR) is 55.5 cm³/mol. The molecule has 1 atom stereocenters. The molecule has 3 heteroatoms. The van der Waals surface area contributed by atoms with Crippen LogP contribution in [0.3, 0.4) is 0 Å². The third kappa shape index (κ3) is 3.51. The first-order valence-electron chi connectivity index (χ1n) is 3.91. The molecule has 1 rings (SSSR count). The third-order valence-electron chi connectivity index (χ3n) is 1.40. The van der Waals surface area contributed by atoms with Crippen molar-refractivity contribution in [3.63, 3.8) is 0 Å². The predicted octanol–water partition coefficient (Wildman–Crippen LogP) is 3.33. The van der Waals surface area contributed by atoms with Gasteiger partial charge in [0, 0.05) is 11.4 Å². The molecule has 0 fully saturated rings. The first kappa shape index (κ1) is 10.1. The van der Waals surface area contributed by atoms with Gasteiger partial charge in [0.15, 0.2) is 0 Å². The summed E-state index contributed by atoms with van der Waals surface area (Å²) in [6.45, 7) is 5.26. The molecule has 1 aromatic carbocycles. The monoisotopic (exact) mass is 242 g/mol. The summed E-state index contributed by atoms with van der Waals surface area (Å²) in [5, 5.41) is 0. The van der Waals surface area contributed by atoms with E-state index >= 15 is 0 Å². The smallest absolute Gasteiger partial charge is 0.237 e. The van der Waals surface area contributed by atoms with Gasteiger partial charge in [-0.2, -0.15) is 0 Å². The van der Waals surface area contributed by atoms with Crippen LogP contribution >= 0.6 is 15.9 Å². The highest BCUT2D eigenvalue weighted by Gasteiger charge is 2.00. The molecule has 0 aliphatic rings. The first-order valence-corrected chi connectivity index (χ1v) is 4.70. The van der Waals surface area contributed by atoms with Crippen LogP contribution in [0, 0.1) is 0 Å². The standard InChI is InChI=1S/C10H11BrO2/c1-3-12-8(2)13-10-6-4-9(11)5-7-10/h3-8H,1H2,2H3. The molecule has 0 bridgehead atoms. The fourth-order valence-corrected chi connectivity index (χ4v) is 1.13. The summed E-state index contributed by atoms with van der Waals surface area (Å²) < 4.78 is 11.4. The highest BCUT2D eigenvalue weighted by Crippen LogP contribution is 2.17. The fourth-order valence-electron chi connectivity index (χ4n) is 0.868. The zero-order valence-electron chi connectivity index (χ0n) is 7.37. The Hall–Kier alpha value is -0.960. The Morgan fingerprint density at radius 2 is 2.00 bits per heavy atom. The number of hydrogen-bond acceptors (Lipinski definition) is 2. The maximum Gasteiger partial charge on any atom is 0.237 e. The molecule has 0 radical (unpaired) electrons. The van der Waals surface area contributed by atoms with E-state index in [1.807, 2.05) is 31.2 Å². The van der Waals surface area contributed by atoms with Crippen molar-refractivity contribution in [1.29, 1.82) is 0 Å². The van der Waals surface area contributed by atoms with E-state index in [1.54, 1.807) is 0 Å². The number of ether oxygens (including phenoxy) is 2. The quantitative estimate of drug-likeness (QED) is 0.596. The van der Waals surface area contributed by atoms with Gasteiger partial charge in [-0.1, -0.05) is 22.5 Å². The van der Waals surface area contributed by atoms with Gasteiger partial charge in [0.2, 0.25) is 6.29 Å². The zero-order valence-corrected chi connectivity index (χ0v) is 8.95. The Balaban J connectivity index is 2.53. The topological polar surface area (TPSA) is 18.5 Å². The molecule has 1 unspecified atom stereocenters. The van der Waals surface area contributed by atoms with Crippen LogP contribution in [0.2, 0.25) is 0 Å². The summed E-state index contributed by atoms with van der Waals surface area (Å²) in [4.78, 5) is 0. The average Bonchev–Trinajstić information content (AvgIpc) is 2.09. The second-order valence-corrected chi connectivity index (χ2v) is 3.36. The summed E-state index contributed by atoms with van der Waals surface area (Å²) >= 11 is 3.34. The van der Waals surface area contributed by atoms with Crippen molar-refractivity contribution in [1.82, 2.24) is 0 Å². The number of halogens is 1. The second-order valence-electron chi connectivity index (χ2n) is 2.44. The largest absolute Gasteiger partial charge is 0.463 e. The van der Waals surface area contributed by atoms with Gasteiger partial charge in [0.05, 0.1) is 6.26 Å². The van der Waals surface area contributed by atoms with Gasteiger partial charge in [-0.25, -0.2) is 0 Å². The van der Waals surface area contributed by atoms with Gasteiger partial charge < -0.3 is 9.47 Å². The highest BCUT2D eigenvalue weighted by molar-refractivity contribution is 9.10. The highest BCUT2D eigenvalue weighted by atomic mass is 79.9. The van der Waals surface area contributed by atoms with Crippen LogP contribution in [0.5, 0.6) is 5.75 Å². The Bertz CT molecular complexity index is 269. The summed E-state index contributed by atoms with van der Waals surface area (Å²) in [6.07, 6.45) is 1.06. The molecular formula is C10H11BrO2. The number of rotatable bonds is 4. The van der Waals surface area contributed by atoms with Crippen LogP contribution in [0.25, 0.3) is 0 Å². The van der Waals surface area contributed by atoms with Gasteiger partial charge in [0.1, 0.15) is 5.75 Å². The molecule has 13 heavy (non-hydrogen) atoms. The first-order chi connectivity index (χ1) is 6.22. The van der Waals surface area contributed by atoms with E-state index < -0.39 is 0 Å². The van der Waals surface area contributed by atoms with Crippen molar-refractivity contribution in [2.24, 2.45) is 0 Å². The molecule has 2 nitrogen and oxygen atoms in total. The van der Waals surface area contributed by atoms with Gasteiger partial charge in [-0.05, 0) is 24.3 Å². The van der Waals surface area contributed by atoms with E-state index in [1.165, 1.54) is 6.26 Å². The van der Waals surface area contributed by atoms with Crippen molar-refractivity contribution in [3.8, 4) is 5.75 Å². The van der Waals surface area contributed by atoms with Gasteiger partial charge in [-0.3, -0.25) is 0 Å². The van der Waals surface area contributed by atoms with Gasteiger partial charge in [-0.15, -0.1) is 0 Å². The SMILES string of the molecule is C=COC(C)Oc1ccc(Br)cc1. The second kappa shape index (κ2) is 4.92. The molecule has 0 N–H and O–H groups in total. The van der Waals surface area contributed by atoms with Crippen molar-refractivity contribution in [2.75, 3.05) is 0 Å². The molecule has 0 amide bonds. The Morgan fingerprint density at radius 1 is 1.38 bits per heavy atom. The Labute approximate surface area is 86.3 Å². The summed E-state index contributed by atoms with van der Waals surface area (Å²) in [7, 11) is 0. The van der Waals surface area contributed by atoms with Crippen molar-refractivity contribution in [3.05, 3.63) is 41.6 Å². The van der Waals surface area contributed by atoms with Crippen molar-refractivity contribution in [2.45, 2.75) is 13.2 Å². The van der Waals surface area contributed by atoms with Crippen LogP contribution in [-0.2, 0) is 4.74 Å². The maximum absolute atomic E-state index is 5.40. The van der Waals surface area contributed by atoms with E-state index in [2.05, 4.69) is 22.5 Å². The lowest BCUT2D eigenvalue weighted by Gasteiger charge is -2.13. The van der Waals surface area contributed by atoms with Crippen LogP contribution < -0.4 is 4.74 Å². The lowest BCUT2D eigenvalue weighted by atomic mass is 10.3. The van der Waals surface area contributed by atoms with Crippen LogP contribution in [0.15, 0.2) is 41.6 Å². The number of hydrogen-bond donors (Lipinski definition) is 0. The molecule has 0 aliphatic heterocycles. The average molecular weight is 243 g/mol. The van der Waals surface area contributed by atoms with E-state index in [-0.39, 0.29) is 6.29 Å². The third-order valence-corrected chi connectivity index (χ3v) is 1.93. The molecule has 1 aromatic rings. The summed E-state index contributed by atoms with van der Waals surface area (Å²) in [5.41, 5.74) is 0. The van der Waals surface area contributed by atoms with E-state index in [9.17, 15) is 0 Å². The van der Waals surface area contributed by atoms with Crippen molar-refractivity contribution >= 4 is 15.9 Å². The number of benzene rings is 1. The van der Waals surface area contributed by atoms with E-state index in [0.29, 0.717) is 0 Å². The molecular weight excluding hydrogens is 232 g/mol. The Kier molecular flexibility index (Phi) is 3.83. The summed E-state index contributed by atoms with van der Waals surface area (Å²) in [6, 6.07) is 7.56. The van der Waals surface area contributed by atoms with Crippen molar-refractivity contribution < 1.29 is 9.47 Å². The molecule has 0 saturated heterocycles. The molecule has 0 spiro atoms. The minimum Gasteiger partial charge on any atom is -0.463 e. The zero-order chi connectivity index (χ0) is 9.68. The van der Waals surface area contributed by atoms with Gasteiger partial charge in [0.25, 0.3) is 0 Å². The van der Waals surface area contributed by atoms with Crippen LogP contribution in [-0.4, -0.2) is 6.29 Å². The lowest BCUT2D eigenvalue weighted by Crippen LogP contribution is -2.12. The molecule has 0 heterocycles. The van der Waals surface area contributed by atoms with E-state index in [4.69, 9.17) is 9.47 Å². The Morgan fingerprint density at radius 3 is 2.54 bits per heavy atom. The minimum atomic E-state index is -0.307. The fraction of sp³-hybridized carbons (Fsp3) is 0.200. The molecule has 70 valence electrons. The lowest BCUT2D eigenvalue weighted by molar-refractivity contribution is -0.0131.